The van der Waals surface area contributed by atoms with E-state index in [9.17, 15) is 21.6 Å². The number of hydrogen-bond donors (Lipinski definition) is 1. The predicted molar refractivity (Wildman–Crippen MR) is 77.1 cm³/mol. The van der Waals surface area contributed by atoms with Crippen LogP contribution in [0.1, 0.15) is 17.0 Å². The van der Waals surface area contributed by atoms with E-state index in [0.29, 0.717) is 24.3 Å². The van der Waals surface area contributed by atoms with Gasteiger partial charge in [-0.2, -0.15) is 18.3 Å². The topological polar surface area (TPSA) is 64.0 Å². The van der Waals surface area contributed by atoms with E-state index >= 15 is 0 Å². The average molecular weight is 345 g/mol. The largest absolute Gasteiger partial charge is 0.435 e. The first-order valence-electron chi connectivity index (χ1n) is 6.87. The van der Waals surface area contributed by atoms with E-state index in [1.165, 1.54) is 22.9 Å². The van der Waals surface area contributed by atoms with Crippen molar-refractivity contribution in [3.05, 3.63) is 41.2 Å². The Balaban J connectivity index is 2.20. The van der Waals surface area contributed by atoms with Gasteiger partial charge >= 0.3 is 6.18 Å². The molecule has 0 spiro atoms. The van der Waals surface area contributed by atoms with Crippen molar-refractivity contribution in [2.45, 2.75) is 24.0 Å². The Kier molecular flexibility index (Phi) is 3.72. The highest BCUT2D eigenvalue weighted by Gasteiger charge is 2.39. The third-order valence-electron chi connectivity index (χ3n) is 3.69. The molecule has 124 valence electrons. The summed E-state index contributed by atoms with van der Waals surface area (Å²) in [6.45, 7) is 0.637. The second kappa shape index (κ2) is 5.34. The molecule has 1 aliphatic rings. The van der Waals surface area contributed by atoms with Crippen molar-refractivity contribution in [3.63, 3.8) is 0 Å². The number of nitrogens with zero attached hydrogens (tertiary/aromatic N) is 2. The molecule has 2 aromatic rings. The zero-order valence-corrected chi connectivity index (χ0v) is 13.0. The van der Waals surface area contributed by atoms with Gasteiger partial charge in [-0.25, -0.2) is 13.1 Å². The Morgan fingerprint density at radius 2 is 2.04 bits per heavy atom. The third-order valence-corrected chi connectivity index (χ3v) is 4.80. The van der Waals surface area contributed by atoms with Crippen LogP contribution in [0.15, 0.2) is 29.2 Å². The lowest BCUT2D eigenvalue weighted by Gasteiger charge is -2.16. The number of fused-ring (bicyclic) bond motifs is 1. The Bertz CT molecular complexity index is 857. The van der Waals surface area contributed by atoms with Crippen molar-refractivity contribution >= 4 is 9.84 Å². The Hall–Kier alpha value is -1.87. The van der Waals surface area contributed by atoms with Crippen molar-refractivity contribution in [2.24, 2.45) is 0 Å². The van der Waals surface area contributed by atoms with Crippen LogP contribution in [0.2, 0.25) is 0 Å². The molecule has 9 heteroatoms. The number of rotatable bonds is 2. The van der Waals surface area contributed by atoms with Crippen LogP contribution in [0.4, 0.5) is 13.2 Å². The second-order valence-electron chi connectivity index (χ2n) is 5.38. The fraction of sp³-hybridized carbons (Fsp3) is 0.357. The molecule has 2 heterocycles. The van der Waals surface area contributed by atoms with E-state index < -0.39 is 21.7 Å². The van der Waals surface area contributed by atoms with Gasteiger partial charge in [0.2, 0.25) is 0 Å². The highest BCUT2D eigenvalue weighted by Crippen LogP contribution is 2.34. The van der Waals surface area contributed by atoms with E-state index in [2.05, 4.69) is 10.4 Å². The van der Waals surface area contributed by atoms with Crippen molar-refractivity contribution in [1.82, 2.24) is 15.1 Å². The molecule has 1 aromatic heterocycles. The molecule has 5 nitrogen and oxygen atoms in total. The van der Waals surface area contributed by atoms with Crippen LogP contribution in [0.5, 0.6) is 0 Å². The summed E-state index contributed by atoms with van der Waals surface area (Å²) in [4.78, 5) is 0.0433. The standard InChI is InChI=1S/C14H14F3N3O2S/c1-23(21,22)10-4-2-3-9(7-10)20-12-5-6-18-8-11(12)13(19-20)14(15,16)17/h2-4,7,18H,5-6,8H2,1H3. The molecule has 0 fully saturated rings. The Labute approximate surface area is 131 Å². The summed E-state index contributed by atoms with van der Waals surface area (Å²) in [7, 11) is -3.45. The van der Waals surface area contributed by atoms with Crippen molar-refractivity contribution in [2.75, 3.05) is 12.8 Å². The molecular weight excluding hydrogens is 331 g/mol. The Morgan fingerprint density at radius 3 is 2.70 bits per heavy atom. The monoisotopic (exact) mass is 345 g/mol. The van der Waals surface area contributed by atoms with Crippen molar-refractivity contribution < 1.29 is 21.6 Å². The van der Waals surface area contributed by atoms with E-state index in [4.69, 9.17) is 0 Å². The van der Waals surface area contributed by atoms with E-state index in [0.717, 1.165) is 6.26 Å². The predicted octanol–water partition coefficient (Wildman–Crippen LogP) is 1.94. The van der Waals surface area contributed by atoms with Crippen molar-refractivity contribution in [1.29, 1.82) is 0 Å². The summed E-state index contributed by atoms with van der Waals surface area (Å²) >= 11 is 0. The third kappa shape index (κ3) is 2.98. The first kappa shape index (κ1) is 16.0. The summed E-state index contributed by atoms with van der Waals surface area (Å²) in [5.74, 6) is 0. The minimum absolute atomic E-state index is 0.0433. The molecule has 1 aliphatic heterocycles. The van der Waals surface area contributed by atoms with Crippen molar-refractivity contribution in [3.8, 4) is 5.69 Å². The molecule has 0 atom stereocenters. The molecule has 0 saturated carbocycles. The van der Waals surface area contributed by atoms with Gasteiger partial charge in [0.15, 0.2) is 15.5 Å². The van der Waals surface area contributed by atoms with E-state index in [1.54, 1.807) is 6.07 Å². The normalized spacial score (nSPS) is 15.5. The second-order valence-corrected chi connectivity index (χ2v) is 7.40. The number of hydrogen-bond acceptors (Lipinski definition) is 4. The van der Waals surface area contributed by atoms with Gasteiger partial charge in [0.1, 0.15) is 0 Å². The van der Waals surface area contributed by atoms with Crippen LogP contribution in [0, 0.1) is 0 Å². The summed E-state index contributed by atoms with van der Waals surface area (Å²) in [6, 6.07) is 5.78. The molecule has 23 heavy (non-hydrogen) atoms. The smallest absolute Gasteiger partial charge is 0.312 e. The number of nitrogens with one attached hydrogen (secondary N) is 1. The van der Waals surface area contributed by atoms with Gasteiger partial charge in [0, 0.05) is 31.3 Å². The van der Waals surface area contributed by atoms with Gasteiger partial charge in [-0.15, -0.1) is 0 Å². The molecule has 0 aliphatic carbocycles. The minimum Gasteiger partial charge on any atom is -0.312 e. The van der Waals surface area contributed by atoms with Gasteiger partial charge in [-0.05, 0) is 18.2 Å². The molecule has 0 amide bonds. The zero-order chi connectivity index (χ0) is 16.8. The lowest BCUT2D eigenvalue weighted by atomic mass is 10.1. The van der Waals surface area contributed by atoms with Crippen LogP contribution in [-0.4, -0.2) is 31.0 Å². The fourth-order valence-corrected chi connectivity index (χ4v) is 3.30. The minimum atomic E-state index is -4.55. The molecule has 0 unspecified atom stereocenters. The fourth-order valence-electron chi connectivity index (χ4n) is 2.64. The molecule has 3 rings (SSSR count). The summed E-state index contributed by atoms with van der Waals surface area (Å²) in [5.41, 5.74) is -0.0405. The maximum Gasteiger partial charge on any atom is 0.435 e. The van der Waals surface area contributed by atoms with Gasteiger partial charge < -0.3 is 5.32 Å². The summed E-state index contributed by atoms with van der Waals surface area (Å²) in [5, 5.41) is 6.62. The SMILES string of the molecule is CS(=O)(=O)c1cccc(-n2nc(C(F)(F)F)c3c2CCNC3)c1. The average Bonchev–Trinajstić information content (AvgIpc) is 2.86. The number of alkyl halides is 3. The van der Waals surface area contributed by atoms with E-state index in [-0.39, 0.29) is 17.0 Å². The zero-order valence-electron chi connectivity index (χ0n) is 12.2. The van der Waals surface area contributed by atoms with Crippen LogP contribution < -0.4 is 5.32 Å². The van der Waals surface area contributed by atoms with Gasteiger partial charge in [-0.3, -0.25) is 0 Å². The maximum absolute atomic E-state index is 13.2. The number of benzene rings is 1. The molecule has 0 saturated heterocycles. The van der Waals surface area contributed by atoms with Crippen LogP contribution >= 0.6 is 0 Å². The molecular formula is C14H14F3N3O2S. The maximum atomic E-state index is 13.2. The molecule has 0 bridgehead atoms. The summed E-state index contributed by atoms with van der Waals surface area (Å²) in [6.07, 6.45) is -3.11. The number of aromatic nitrogens is 2. The number of halogens is 3. The lowest BCUT2D eigenvalue weighted by molar-refractivity contribution is -0.142. The highest BCUT2D eigenvalue weighted by atomic mass is 32.2. The molecule has 1 N–H and O–H groups in total. The first-order valence-corrected chi connectivity index (χ1v) is 8.76. The Morgan fingerprint density at radius 1 is 1.30 bits per heavy atom. The molecule has 0 radical (unpaired) electrons. The first-order chi connectivity index (χ1) is 10.7. The number of sulfone groups is 1. The van der Waals surface area contributed by atoms with Gasteiger partial charge in [0.05, 0.1) is 16.3 Å². The van der Waals surface area contributed by atoms with Crippen LogP contribution in [-0.2, 0) is 29.0 Å². The summed E-state index contributed by atoms with van der Waals surface area (Å²) < 4.78 is 64.0. The van der Waals surface area contributed by atoms with Crippen LogP contribution in [0.25, 0.3) is 5.69 Å². The quantitative estimate of drug-likeness (QED) is 0.904. The van der Waals surface area contributed by atoms with Gasteiger partial charge in [-0.1, -0.05) is 6.07 Å². The van der Waals surface area contributed by atoms with E-state index in [1.807, 2.05) is 0 Å². The van der Waals surface area contributed by atoms with Crippen LogP contribution in [0.3, 0.4) is 0 Å². The highest BCUT2D eigenvalue weighted by molar-refractivity contribution is 7.90. The lowest BCUT2D eigenvalue weighted by Crippen LogP contribution is -2.25. The molecule has 1 aromatic carbocycles. The van der Waals surface area contributed by atoms with Gasteiger partial charge in [0.25, 0.3) is 0 Å².